The van der Waals surface area contributed by atoms with Crippen molar-refractivity contribution in [3.05, 3.63) is 306 Å². The SMILES string of the molecule is O=c1c2cc(N(c3cccc(-c4ccccc4)c3)c3cccc(-c4ccccc4)c3)ccc2nc2oc3c(-c4cccc(-c5nc(-c6ccccc6)nc(-n6c7ccccc7c7cc(-c8ccc9sc%10nc%11ccccc%11c(=O)n%10c9c8)ccc76)n5)c4)cccc3n12. The predicted molar refractivity (Wildman–Crippen MR) is 372 cm³/mol. The molecule has 0 atom stereocenters. The molecule has 13 heteroatoms. The van der Waals surface area contributed by atoms with E-state index in [4.69, 9.17) is 29.3 Å². The first-order chi connectivity index (χ1) is 45.4. The molecule has 18 aromatic rings. The van der Waals surface area contributed by atoms with E-state index in [2.05, 4.69) is 137 Å². The van der Waals surface area contributed by atoms with E-state index < -0.39 is 0 Å². The van der Waals surface area contributed by atoms with Gasteiger partial charge < -0.3 is 9.32 Å². The van der Waals surface area contributed by atoms with Crippen LogP contribution in [0.4, 0.5) is 17.1 Å². The number of oxazole rings is 1. The number of benzene rings is 12. The number of thiazole rings is 1. The summed E-state index contributed by atoms with van der Waals surface area (Å²) in [5, 5.41) is 3.07. The van der Waals surface area contributed by atoms with E-state index in [1.165, 1.54) is 11.3 Å². The third-order valence-electron chi connectivity index (χ3n) is 17.4. The number of hydrogen-bond acceptors (Lipinski definition) is 10. The first kappa shape index (κ1) is 52.7. The maximum absolute atomic E-state index is 15.2. The molecule has 6 aromatic heterocycles. The summed E-state index contributed by atoms with van der Waals surface area (Å²) in [6.07, 6.45) is 0. The van der Waals surface area contributed by atoms with Gasteiger partial charge in [-0.2, -0.15) is 15.0 Å². The van der Waals surface area contributed by atoms with Crippen LogP contribution in [0, 0.1) is 0 Å². The van der Waals surface area contributed by atoms with Crippen LogP contribution >= 0.6 is 11.3 Å². The van der Waals surface area contributed by atoms with Crippen molar-refractivity contribution in [3.8, 4) is 73.2 Å². The minimum atomic E-state index is -0.252. The van der Waals surface area contributed by atoms with Gasteiger partial charge in [0.2, 0.25) is 5.95 Å². The monoisotopic (exact) mass is 1200 g/mol. The summed E-state index contributed by atoms with van der Waals surface area (Å²) in [5.74, 6) is 1.62. The third-order valence-corrected chi connectivity index (χ3v) is 18.4. The van der Waals surface area contributed by atoms with Crippen molar-refractivity contribution in [2.75, 3.05) is 4.90 Å². The van der Waals surface area contributed by atoms with Crippen LogP contribution in [0.15, 0.2) is 299 Å². The lowest BCUT2D eigenvalue weighted by Gasteiger charge is -2.26. The van der Waals surface area contributed by atoms with Crippen LogP contribution in [0.25, 0.3) is 149 Å². The smallest absolute Gasteiger partial charge is 0.310 e. The first-order valence-corrected chi connectivity index (χ1v) is 31.0. The number of fused-ring (bicyclic) bond motifs is 11. The van der Waals surface area contributed by atoms with Gasteiger partial charge in [-0.3, -0.25) is 18.6 Å². The second-order valence-electron chi connectivity index (χ2n) is 22.8. The van der Waals surface area contributed by atoms with Crippen LogP contribution in [0.5, 0.6) is 0 Å². The maximum atomic E-state index is 15.2. The van der Waals surface area contributed by atoms with Crippen LogP contribution in [0.1, 0.15) is 0 Å². The fourth-order valence-electron chi connectivity index (χ4n) is 13.0. The topological polar surface area (TPSA) is 129 Å². The van der Waals surface area contributed by atoms with Crippen LogP contribution in [-0.4, -0.2) is 38.3 Å². The fraction of sp³-hybridized carbons (Fsp3) is 0. The molecule has 0 unspecified atom stereocenters. The Morgan fingerprint density at radius 2 is 0.891 bits per heavy atom. The van der Waals surface area contributed by atoms with Gasteiger partial charge in [-0.15, -0.1) is 0 Å². The zero-order valence-electron chi connectivity index (χ0n) is 48.8. The van der Waals surface area contributed by atoms with E-state index in [1.807, 2.05) is 158 Å². The molecule has 0 aliphatic carbocycles. The van der Waals surface area contributed by atoms with Crippen molar-refractivity contribution >= 4 is 104 Å². The Labute approximate surface area is 527 Å². The van der Waals surface area contributed by atoms with Gasteiger partial charge in [-0.25, -0.2) is 14.4 Å². The average molecular weight is 1200 g/mol. The molecule has 12 aromatic carbocycles. The summed E-state index contributed by atoms with van der Waals surface area (Å²) in [7, 11) is 0. The highest BCUT2D eigenvalue weighted by molar-refractivity contribution is 7.23. The van der Waals surface area contributed by atoms with Crippen LogP contribution in [0.2, 0.25) is 0 Å². The summed E-state index contributed by atoms with van der Waals surface area (Å²) in [4.78, 5) is 57.7. The van der Waals surface area contributed by atoms with Crippen LogP contribution in [-0.2, 0) is 0 Å². The highest BCUT2D eigenvalue weighted by atomic mass is 32.1. The molecular formula is C79H47N9O3S. The van der Waals surface area contributed by atoms with Gasteiger partial charge in [0.1, 0.15) is 0 Å². The summed E-state index contributed by atoms with van der Waals surface area (Å²) in [5.41, 5.74) is 16.8. The maximum Gasteiger partial charge on any atom is 0.310 e. The van der Waals surface area contributed by atoms with Crippen molar-refractivity contribution in [3.63, 3.8) is 0 Å². The van der Waals surface area contributed by atoms with Crippen molar-refractivity contribution < 1.29 is 4.42 Å². The van der Waals surface area contributed by atoms with Gasteiger partial charge in [0.25, 0.3) is 11.1 Å². The van der Waals surface area contributed by atoms with Gasteiger partial charge in [0, 0.05) is 44.5 Å². The Morgan fingerprint density at radius 3 is 1.65 bits per heavy atom. The van der Waals surface area contributed by atoms with E-state index in [9.17, 15) is 4.79 Å². The Kier molecular flexibility index (Phi) is 12.1. The number of rotatable bonds is 10. The number of anilines is 3. The van der Waals surface area contributed by atoms with Gasteiger partial charge >= 0.3 is 5.84 Å². The molecule has 0 fully saturated rings. The lowest BCUT2D eigenvalue weighted by atomic mass is 10.0. The van der Waals surface area contributed by atoms with Crippen LogP contribution in [0.3, 0.4) is 0 Å². The van der Waals surface area contributed by atoms with E-state index in [1.54, 1.807) is 8.80 Å². The zero-order chi connectivity index (χ0) is 61.0. The van der Waals surface area contributed by atoms with E-state index in [0.29, 0.717) is 55.5 Å². The summed E-state index contributed by atoms with van der Waals surface area (Å²) in [6.45, 7) is 0. The molecule has 0 N–H and O–H groups in total. The Hall–Kier alpha value is -12.5. The van der Waals surface area contributed by atoms with Crippen molar-refractivity contribution in [2.45, 2.75) is 0 Å². The normalized spacial score (nSPS) is 11.8. The Balaban J connectivity index is 0.740. The third kappa shape index (κ3) is 8.70. The Bertz CT molecular complexity index is 6070. The Morgan fingerprint density at radius 1 is 0.337 bits per heavy atom. The molecule has 0 bridgehead atoms. The molecule has 0 saturated heterocycles. The largest absolute Gasteiger partial charge is 0.422 e. The lowest BCUT2D eigenvalue weighted by Crippen LogP contribution is -2.15. The van der Waals surface area contributed by atoms with E-state index in [-0.39, 0.29) is 17.0 Å². The number of para-hydroxylation sites is 3. The minimum Gasteiger partial charge on any atom is -0.422 e. The van der Waals surface area contributed by atoms with Gasteiger partial charge in [0.15, 0.2) is 22.2 Å². The average Bonchev–Trinajstić information content (AvgIpc) is 1.60. The molecule has 0 spiro atoms. The molecule has 0 aliphatic rings. The van der Waals surface area contributed by atoms with E-state index in [0.717, 1.165) is 105 Å². The molecule has 0 amide bonds. The molecule has 0 aliphatic heterocycles. The zero-order valence-corrected chi connectivity index (χ0v) is 49.6. The van der Waals surface area contributed by atoms with Gasteiger partial charge in [0.05, 0.1) is 48.6 Å². The fourth-order valence-corrected chi connectivity index (χ4v) is 14.0. The summed E-state index contributed by atoms with van der Waals surface area (Å²) in [6, 6.07) is 95.9. The number of aromatic nitrogens is 8. The van der Waals surface area contributed by atoms with Gasteiger partial charge in [-0.1, -0.05) is 199 Å². The van der Waals surface area contributed by atoms with Crippen LogP contribution < -0.4 is 16.0 Å². The van der Waals surface area contributed by atoms with Gasteiger partial charge in [-0.05, 0) is 136 Å². The summed E-state index contributed by atoms with van der Waals surface area (Å²) < 4.78 is 13.1. The molecule has 0 radical (unpaired) electrons. The molecule has 18 rings (SSSR count). The molecule has 0 saturated carbocycles. The second-order valence-corrected chi connectivity index (χ2v) is 23.8. The molecular weight excluding hydrogens is 1150 g/mol. The molecule has 6 heterocycles. The standard InChI is InChI=1S/C79H47N9O3S/c89-75-62-31-10-12-33-65(62)81-79-88(75)70-46-54(37-41-71(70)92-79)53-36-40-68-63(45-53)61-30-11-13-34-67(61)86(68)77-83-73(50-22-8-3-9-23-50)82-74(84-77)56-27-14-26-55(42-56)60-32-17-35-69-72(60)91-78-80-66-39-38-59(47-64(66)76(90)87(69)78)85(57-28-15-24-51(43-57)48-18-4-1-5-19-48)58-29-16-25-52(44-58)49-20-6-2-7-21-49/h1-47H. The van der Waals surface area contributed by atoms with Crippen molar-refractivity contribution in [1.82, 2.24) is 38.3 Å². The number of hydrogen-bond donors (Lipinski definition) is 0. The molecule has 432 valence electrons. The second kappa shape index (κ2) is 21.1. The molecule has 12 nitrogen and oxygen atoms in total. The first-order valence-electron chi connectivity index (χ1n) is 30.2. The summed E-state index contributed by atoms with van der Waals surface area (Å²) >= 11 is 1.51. The predicted octanol–water partition coefficient (Wildman–Crippen LogP) is 18.7. The van der Waals surface area contributed by atoms with E-state index >= 15 is 4.79 Å². The lowest BCUT2D eigenvalue weighted by molar-refractivity contribution is 0.638. The molecule has 92 heavy (non-hydrogen) atoms. The highest BCUT2D eigenvalue weighted by Crippen LogP contribution is 2.42. The van der Waals surface area contributed by atoms with Crippen molar-refractivity contribution in [2.24, 2.45) is 0 Å². The quantitative estimate of drug-likeness (QED) is 0.131. The minimum absolute atomic E-state index is 0.0821. The number of nitrogens with zero attached hydrogens (tertiary/aromatic N) is 9. The van der Waals surface area contributed by atoms with Crippen molar-refractivity contribution in [1.29, 1.82) is 0 Å². The highest BCUT2D eigenvalue weighted by Gasteiger charge is 2.23.